The van der Waals surface area contributed by atoms with E-state index in [0.29, 0.717) is 43.4 Å². The van der Waals surface area contributed by atoms with Gasteiger partial charge in [-0.3, -0.25) is 14.9 Å². The molecule has 0 saturated carbocycles. The molecule has 34 heavy (non-hydrogen) atoms. The van der Waals surface area contributed by atoms with E-state index in [2.05, 4.69) is 10.2 Å². The van der Waals surface area contributed by atoms with Gasteiger partial charge in [-0.25, -0.2) is 0 Å². The lowest BCUT2D eigenvalue weighted by atomic mass is 10.1. The lowest BCUT2D eigenvalue weighted by molar-refractivity contribution is -0.384. The molecule has 1 saturated heterocycles. The van der Waals surface area contributed by atoms with Gasteiger partial charge < -0.3 is 15.1 Å². The molecule has 0 radical (unpaired) electrons. The van der Waals surface area contributed by atoms with Crippen molar-refractivity contribution < 1.29 is 9.72 Å². The number of rotatable bonds is 7. The number of nitrogens with one attached hydrogen (secondary N) is 1. The summed E-state index contributed by atoms with van der Waals surface area (Å²) < 4.78 is 0. The predicted molar refractivity (Wildman–Crippen MR) is 136 cm³/mol. The van der Waals surface area contributed by atoms with Crippen molar-refractivity contribution in [2.75, 3.05) is 36.4 Å². The maximum absolute atomic E-state index is 12.6. The average molecular weight is 477 g/mol. The molecule has 7 nitrogen and oxygen atoms in total. The van der Waals surface area contributed by atoms with Crippen LogP contribution in [0, 0.1) is 10.1 Å². The summed E-state index contributed by atoms with van der Waals surface area (Å²) in [5.41, 5.74) is 3.38. The Bertz CT molecular complexity index is 1170. The zero-order chi connectivity index (χ0) is 23.9. The number of anilines is 2. The van der Waals surface area contributed by atoms with Gasteiger partial charge in [0.2, 0.25) is 5.91 Å². The lowest BCUT2D eigenvalue weighted by Gasteiger charge is -2.35. The van der Waals surface area contributed by atoms with Gasteiger partial charge in [-0.15, -0.1) is 0 Å². The number of amides is 1. The summed E-state index contributed by atoms with van der Waals surface area (Å²) in [4.78, 5) is 27.7. The molecule has 0 aromatic heterocycles. The highest BCUT2D eigenvalue weighted by Gasteiger charge is 2.22. The van der Waals surface area contributed by atoms with Crippen molar-refractivity contribution in [1.29, 1.82) is 0 Å². The number of carbonyl (C=O) groups is 1. The van der Waals surface area contributed by atoms with Crippen LogP contribution in [-0.2, 0) is 11.3 Å². The van der Waals surface area contributed by atoms with Crippen LogP contribution in [0.25, 0.3) is 6.08 Å². The zero-order valence-electron chi connectivity index (χ0n) is 18.6. The van der Waals surface area contributed by atoms with E-state index in [0.717, 1.165) is 16.8 Å². The first-order chi connectivity index (χ1) is 16.5. The van der Waals surface area contributed by atoms with Crippen molar-refractivity contribution in [3.8, 4) is 0 Å². The van der Waals surface area contributed by atoms with E-state index in [4.69, 9.17) is 11.6 Å². The van der Waals surface area contributed by atoms with E-state index in [9.17, 15) is 14.9 Å². The first-order valence-electron chi connectivity index (χ1n) is 11.0. The van der Waals surface area contributed by atoms with Crippen molar-refractivity contribution in [3.05, 3.63) is 105 Å². The summed E-state index contributed by atoms with van der Waals surface area (Å²) in [5, 5.41) is 15.4. The van der Waals surface area contributed by atoms with Crippen LogP contribution in [-0.4, -0.2) is 41.9 Å². The molecule has 0 aliphatic carbocycles. The van der Waals surface area contributed by atoms with Gasteiger partial charge in [-0.05, 0) is 41.5 Å². The fourth-order valence-electron chi connectivity index (χ4n) is 3.85. The van der Waals surface area contributed by atoms with Crippen molar-refractivity contribution in [3.63, 3.8) is 0 Å². The monoisotopic (exact) mass is 476 g/mol. The van der Waals surface area contributed by atoms with Crippen LogP contribution in [0.1, 0.15) is 11.1 Å². The Morgan fingerprint density at radius 1 is 1.00 bits per heavy atom. The second-order valence-electron chi connectivity index (χ2n) is 7.99. The summed E-state index contributed by atoms with van der Waals surface area (Å²) >= 11 is 5.90. The smallest absolute Gasteiger partial charge is 0.292 e. The highest BCUT2D eigenvalue weighted by molar-refractivity contribution is 6.30. The Morgan fingerprint density at radius 3 is 2.38 bits per heavy atom. The van der Waals surface area contributed by atoms with Crippen LogP contribution in [0.2, 0.25) is 5.02 Å². The number of carbonyl (C=O) groups excluding carboxylic acids is 1. The number of hydrogen-bond acceptors (Lipinski definition) is 5. The van der Waals surface area contributed by atoms with Crippen molar-refractivity contribution in [2.24, 2.45) is 0 Å². The van der Waals surface area contributed by atoms with Gasteiger partial charge in [-0.2, -0.15) is 0 Å². The van der Waals surface area contributed by atoms with Gasteiger partial charge in [0.05, 0.1) is 4.92 Å². The molecular formula is C26H25ClN4O3. The minimum Gasteiger partial charge on any atom is -0.375 e. The second kappa shape index (κ2) is 10.9. The van der Waals surface area contributed by atoms with Crippen LogP contribution in [0.15, 0.2) is 78.9 Å². The topological polar surface area (TPSA) is 78.7 Å². The second-order valence-corrected chi connectivity index (χ2v) is 8.43. The van der Waals surface area contributed by atoms with Gasteiger partial charge >= 0.3 is 0 Å². The number of benzene rings is 3. The molecule has 1 amide bonds. The molecule has 1 N–H and O–H groups in total. The van der Waals surface area contributed by atoms with Crippen LogP contribution in [0.5, 0.6) is 0 Å². The van der Waals surface area contributed by atoms with Gasteiger partial charge in [-0.1, -0.05) is 54.1 Å². The minimum atomic E-state index is -0.374. The molecule has 4 rings (SSSR count). The summed E-state index contributed by atoms with van der Waals surface area (Å²) in [6.07, 6.45) is 3.36. The van der Waals surface area contributed by atoms with Gasteiger partial charge in [0, 0.05) is 55.6 Å². The number of nitro benzene ring substituents is 1. The predicted octanol–water partition coefficient (Wildman–Crippen LogP) is 5.22. The normalized spacial score (nSPS) is 13.8. The molecule has 3 aromatic carbocycles. The summed E-state index contributed by atoms with van der Waals surface area (Å²) in [5.74, 6) is -0.0384. The van der Waals surface area contributed by atoms with Gasteiger partial charge in [0.1, 0.15) is 5.69 Å². The molecule has 1 aliphatic heterocycles. The molecule has 1 aliphatic rings. The van der Waals surface area contributed by atoms with E-state index in [1.807, 2.05) is 53.4 Å². The molecule has 174 valence electrons. The van der Waals surface area contributed by atoms with Gasteiger partial charge in [0.25, 0.3) is 5.69 Å². The maximum Gasteiger partial charge on any atom is 0.292 e. The Morgan fingerprint density at radius 2 is 1.71 bits per heavy atom. The third-order valence-corrected chi connectivity index (χ3v) is 6.00. The largest absolute Gasteiger partial charge is 0.375 e. The number of nitro groups is 1. The Hall–Kier alpha value is -3.84. The highest BCUT2D eigenvalue weighted by Crippen LogP contribution is 2.30. The van der Waals surface area contributed by atoms with Crippen LogP contribution in [0.4, 0.5) is 17.1 Å². The van der Waals surface area contributed by atoms with Crippen LogP contribution in [0.3, 0.4) is 0 Å². The van der Waals surface area contributed by atoms with Crippen molar-refractivity contribution in [1.82, 2.24) is 4.90 Å². The Kier molecular flexibility index (Phi) is 7.44. The fraction of sp³-hybridized carbons (Fsp3) is 0.192. The standard InChI is InChI=1S/C26H25ClN4O3/c27-22-9-6-20(7-10-22)8-13-26(32)30-16-14-29(15-17-30)23-11-12-25(31(33)34)24(18-23)28-19-21-4-2-1-3-5-21/h1-13,18,28H,14-17,19H2. The quantitative estimate of drug-likeness (QED) is 0.287. The first kappa shape index (κ1) is 23.3. The van der Waals surface area contributed by atoms with Crippen LogP contribution < -0.4 is 10.2 Å². The molecular weight excluding hydrogens is 452 g/mol. The van der Waals surface area contributed by atoms with E-state index >= 15 is 0 Å². The van der Waals surface area contributed by atoms with E-state index in [1.165, 1.54) is 6.07 Å². The molecule has 1 heterocycles. The lowest BCUT2D eigenvalue weighted by Crippen LogP contribution is -2.48. The van der Waals surface area contributed by atoms with Gasteiger partial charge in [0.15, 0.2) is 0 Å². The molecule has 8 heteroatoms. The average Bonchev–Trinajstić information content (AvgIpc) is 2.87. The maximum atomic E-state index is 12.6. The number of halogens is 1. The zero-order valence-corrected chi connectivity index (χ0v) is 19.3. The minimum absolute atomic E-state index is 0.0384. The number of nitrogens with zero attached hydrogens (tertiary/aromatic N) is 3. The molecule has 3 aromatic rings. The summed E-state index contributed by atoms with van der Waals surface area (Å²) in [6, 6.07) is 22.2. The number of hydrogen-bond donors (Lipinski definition) is 1. The summed E-state index contributed by atoms with van der Waals surface area (Å²) in [6.45, 7) is 2.95. The first-order valence-corrected chi connectivity index (χ1v) is 11.4. The SMILES string of the molecule is O=C(C=Cc1ccc(Cl)cc1)N1CCN(c2ccc([N+](=O)[O-])c(NCc3ccccc3)c2)CC1. The van der Waals surface area contributed by atoms with Crippen molar-refractivity contribution in [2.45, 2.75) is 6.54 Å². The Labute approximate surface area is 203 Å². The van der Waals surface area contributed by atoms with E-state index in [1.54, 1.807) is 30.4 Å². The molecule has 0 bridgehead atoms. The molecule has 0 unspecified atom stereocenters. The number of piperazine rings is 1. The van der Waals surface area contributed by atoms with Crippen molar-refractivity contribution >= 4 is 40.6 Å². The summed E-state index contributed by atoms with van der Waals surface area (Å²) in [7, 11) is 0. The van der Waals surface area contributed by atoms with E-state index < -0.39 is 0 Å². The third kappa shape index (κ3) is 5.94. The molecule has 0 atom stereocenters. The van der Waals surface area contributed by atoms with Crippen LogP contribution >= 0.6 is 11.6 Å². The highest BCUT2D eigenvalue weighted by atomic mass is 35.5. The molecule has 1 fully saturated rings. The Balaban J connectivity index is 1.38. The van der Waals surface area contributed by atoms with E-state index in [-0.39, 0.29) is 16.5 Å². The molecule has 0 spiro atoms. The fourth-order valence-corrected chi connectivity index (χ4v) is 3.97. The third-order valence-electron chi connectivity index (χ3n) is 5.75.